The third kappa shape index (κ3) is 4.55. The molecule has 0 aromatic heterocycles. The SMILES string of the molecule is CC(C)NS(=O)(=O)c1ccc(NC(=O)C2NCCCC2(C)C)cc1. The van der Waals surface area contributed by atoms with E-state index in [0.29, 0.717) is 5.69 Å². The molecule has 3 N–H and O–H groups in total. The van der Waals surface area contributed by atoms with Gasteiger partial charge in [-0.2, -0.15) is 0 Å². The molecule has 1 amide bonds. The monoisotopic (exact) mass is 353 g/mol. The molecular formula is C17H27N3O3S. The van der Waals surface area contributed by atoms with Gasteiger partial charge in [-0.05, 0) is 62.9 Å². The largest absolute Gasteiger partial charge is 0.325 e. The smallest absolute Gasteiger partial charge is 0.242 e. The molecule has 0 aliphatic carbocycles. The Hall–Kier alpha value is -1.44. The Bertz CT molecular complexity index is 682. The molecule has 1 aromatic carbocycles. The molecule has 1 saturated heterocycles. The molecule has 1 aliphatic rings. The van der Waals surface area contributed by atoms with E-state index in [1.54, 1.807) is 26.0 Å². The maximum Gasteiger partial charge on any atom is 0.242 e. The van der Waals surface area contributed by atoms with E-state index in [1.807, 2.05) is 0 Å². The van der Waals surface area contributed by atoms with Gasteiger partial charge < -0.3 is 10.6 Å². The first kappa shape index (κ1) is 18.9. The highest BCUT2D eigenvalue weighted by Gasteiger charge is 2.37. The molecule has 6 nitrogen and oxygen atoms in total. The van der Waals surface area contributed by atoms with Crippen molar-refractivity contribution in [1.29, 1.82) is 0 Å². The van der Waals surface area contributed by atoms with Crippen LogP contribution < -0.4 is 15.4 Å². The lowest BCUT2D eigenvalue weighted by Crippen LogP contribution is -2.53. The number of benzene rings is 1. The Morgan fingerprint density at radius 1 is 1.25 bits per heavy atom. The van der Waals surface area contributed by atoms with Crippen molar-refractivity contribution in [3.05, 3.63) is 24.3 Å². The zero-order chi connectivity index (χ0) is 18.0. The molecule has 2 rings (SSSR count). The van der Waals surface area contributed by atoms with Gasteiger partial charge in [-0.1, -0.05) is 13.8 Å². The first-order chi connectivity index (χ1) is 11.1. The van der Waals surface area contributed by atoms with Gasteiger partial charge in [0.1, 0.15) is 0 Å². The lowest BCUT2D eigenvalue weighted by Gasteiger charge is -2.38. The Morgan fingerprint density at radius 2 is 1.88 bits per heavy atom. The summed E-state index contributed by atoms with van der Waals surface area (Å²) in [6, 6.07) is 5.80. The van der Waals surface area contributed by atoms with Crippen LogP contribution in [0.1, 0.15) is 40.5 Å². The highest BCUT2D eigenvalue weighted by atomic mass is 32.2. The van der Waals surface area contributed by atoms with Gasteiger partial charge in [0.25, 0.3) is 0 Å². The molecular weight excluding hydrogens is 326 g/mol. The van der Waals surface area contributed by atoms with Crippen LogP contribution in [-0.4, -0.2) is 33.0 Å². The van der Waals surface area contributed by atoms with E-state index >= 15 is 0 Å². The highest BCUT2D eigenvalue weighted by Crippen LogP contribution is 2.30. The van der Waals surface area contributed by atoms with Crippen molar-refractivity contribution in [2.45, 2.75) is 57.5 Å². The third-order valence-corrected chi connectivity index (χ3v) is 5.89. The number of rotatable bonds is 5. The van der Waals surface area contributed by atoms with E-state index in [-0.39, 0.29) is 28.3 Å². The van der Waals surface area contributed by atoms with Crippen molar-refractivity contribution in [3.63, 3.8) is 0 Å². The maximum atomic E-state index is 12.5. The Balaban J connectivity index is 2.07. The Morgan fingerprint density at radius 3 is 2.42 bits per heavy atom. The van der Waals surface area contributed by atoms with Gasteiger partial charge >= 0.3 is 0 Å². The summed E-state index contributed by atoms with van der Waals surface area (Å²) in [6.07, 6.45) is 2.06. The van der Waals surface area contributed by atoms with Crippen LogP contribution in [0.25, 0.3) is 0 Å². The fourth-order valence-corrected chi connectivity index (χ4v) is 4.22. The van der Waals surface area contributed by atoms with Crippen LogP contribution in [0.15, 0.2) is 29.2 Å². The molecule has 7 heteroatoms. The zero-order valence-corrected chi connectivity index (χ0v) is 15.5. The minimum Gasteiger partial charge on any atom is -0.325 e. The summed E-state index contributed by atoms with van der Waals surface area (Å²) < 4.78 is 26.7. The summed E-state index contributed by atoms with van der Waals surface area (Å²) in [7, 11) is -3.52. The molecule has 0 bridgehead atoms. The van der Waals surface area contributed by atoms with E-state index < -0.39 is 10.0 Å². The summed E-state index contributed by atoms with van der Waals surface area (Å²) in [6.45, 7) is 8.53. The third-order valence-electron chi connectivity index (χ3n) is 4.21. The Kier molecular flexibility index (Phi) is 5.67. The van der Waals surface area contributed by atoms with Crippen LogP contribution in [0, 0.1) is 5.41 Å². The second-order valence-electron chi connectivity index (χ2n) is 7.27. The van der Waals surface area contributed by atoms with Crippen LogP contribution in [-0.2, 0) is 14.8 Å². The molecule has 1 fully saturated rings. The van der Waals surface area contributed by atoms with Crippen LogP contribution in [0.4, 0.5) is 5.69 Å². The molecule has 0 radical (unpaired) electrons. The predicted molar refractivity (Wildman–Crippen MR) is 95.3 cm³/mol. The summed E-state index contributed by atoms with van der Waals surface area (Å²) in [5.41, 5.74) is 0.485. The number of hydrogen-bond donors (Lipinski definition) is 3. The van der Waals surface area contributed by atoms with Gasteiger partial charge in [-0.15, -0.1) is 0 Å². The number of carbonyl (C=O) groups excluding carboxylic acids is 1. The van der Waals surface area contributed by atoms with Crippen molar-refractivity contribution in [2.75, 3.05) is 11.9 Å². The van der Waals surface area contributed by atoms with Crippen molar-refractivity contribution in [3.8, 4) is 0 Å². The number of nitrogens with one attached hydrogen (secondary N) is 3. The number of hydrogen-bond acceptors (Lipinski definition) is 4. The van der Waals surface area contributed by atoms with Crippen molar-refractivity contribution in [1.82, 2.24) is 10.0 Å². The molecule has 1 aromatic rings. The van der Waals surface area contributed by atoms with Gasteiger partial charge in [0.2, 0.25) is 15.9 Å². The van der Waals surface area contributed by atoms with Gasteiger partial charge in [-0.3, -0.25) is 4.79 Å². The summed E-state index contributed by atoms with van der Waals surface area (Å²) >= 11 is 0. The minimum atomic E-state index is -3.52. The maximum absolute atomic E-state index is 12.5. The normalized spacial score (nSPS) is 20.8. The molecule has 24 heavy (non-hydrogen) atoms. The zero-order valence-electron chi connectivity index (χ0n) is 14.7. The predicted octanol–water partition coefficient (Wildman–Crippen LogP) is 2.09. The number of piperidine rings is 1. The molecule has 1 heterocycles. The lowest BCUT2D eigenvalue weighted by molar-refractivity contribution is -0.121. The molecule has 0 saturated carbocycles. The van der Waals surface area contributed by atoms with E-state index in [0.717, 1.165) is 19.4 Å². The van der Waals surface area contributed by atoms with Crippen molar-refractivity contribution < 1.29 is 13.2 Å². The van der Waals surface area contributed by atoms with Gasteiger partial charge in [0.15, 0.2) is 0 Å². The van der Waals surface area contributed by atoms with Crippen LogP contribution >= 0.6 is 0 Å². The summed E-state index contributed by atoms with van der Waals surface area (Å²) in [5, 5.41) is 6.14. The fourth-order valence-electron chi connectivity index (χ4n) is 2.97. The quantitative estimate of drug-likeness (QED) is 0.756. The first-order valence-corrected chi connectivity index (χ1v) is 9.77. The highest BCUT2D eigenvalue weighted by molar-refractivity contribution is 7.89. The first-order valence-electron chi connectivity index (χ1n) is 8.28. The number of amides is 1. The second-order valence-corrected chi connectivity index (χ2v) is 8.98. The van der Waals surface area contributed by atoms with Crippen LogP contribution in [0.5, 0.6) is 0 Å². The van der Waals surface area contributed by atoms with Crippen molar-refractivity contribution in [2.24, 2.45) is 5.41 Å². The van der Waals surface area contributed by atoms with Gasteiger partial charge in [-0.25, -0.2) is 13.1 Å². The number of sulfonamides is 1. The molecule has 134 valence electrons. The molecule has 1 atom stereocenters. The average Bonchev–Trinajstić information content (AvgIpc) is 2.45. The molecule has 1 unspecified atom stereocenters. The van der Waals surface area contributed by atoms with E-state index in [4.69, 9.17) is 0 Å². The van der Waals surface area contributed by atoms with Gasteiger partial charge in [0.05, 0.1) is 10.9 Å². The van der Waals surface area contributed by atoms with E-state index in [2.05, 4.69) is 29.2 Å². The van der Waals surface area contributed by atoms with Crippen LogP contribution in [0.2, 0.25) is 0 Å². The standard InChI is InChI=1S/C17H27N3O3S/c1-12(2)20-24(22,23)14-8-6-13(7-9-14)19-16(21)15-17(3,4)10-5-11-18-15/h6-9,12,15,18,20H,5,10-11H2,1-4H3,(H,19,21). The topological polar surface area (TPSA) is 87.3 Å². The summed E-state index contributed by atoms with van der Waals surface area (Å²) in [4.78, 5) is 12.7. The number of carbonyl (C=O) groups is 1. The van der Waals surface area contributed by atoms with E-state index in [1.165, 1.54) is 12.1 Å². The fraction of sp³-hybridized carbons (Fsp3) is 0.588. The van der Waals surface area contributed by atoms with Gasteiger partial charge in [0, 0.05) is 11.7 Å². The molecule has 0 spiro atoms. The molecule has 1 aliphatic heterocycles. The lowest BCUT2D eigenvalue weighted by atomic mass is 9.77. The summed E-state index contributed by atoms with van der Waals surface area (Å²) in [5.74, 6) is -0.0874. The number of anilines is 1. The Labute approximate surface area is 144 Å². The van der Waals surface area contributed by atoms with Crippen molar-refractivity contribution >= 4 is 21.6 Å². The van der Waals surface area contributed by atoms with E-state index in [9.17, 15) is 13.2 Å². The average molecular weight is 353 g/mol. The minimum absolute atomic E-state index is 0.0874. The van der Waals surface area contributed by atoms with Crippen LogP contribution in [0.3, 0.4) is 0 Å². The second kappa shape index (κ2) is 7.21.